The van der Waals surface area contributed by atoms with Crippen LogP contribution in [0.4, 0.5) is 0 Å². The molecule has 0 heterocycles. The van der Waals surface area contributed by atoms with E-state index in [0.29, 0.717) is 15.6 Å². The quantitative estimate of drug-likeness (QED) is 0.563. The van der Waals surface area contributed by atoms with Gasteiger partial charge >= 0.3 is 0 Å². The highest BCUT2D eigenvalue weighted by molar-refractivity contribution is 9.10. The third kappa shape index (κ3) is 3.81. The lowest BCUT2D eigenvalue weighted by molar-refractivity contribution is 0.0952. The fraction of sp³-hybridized carbons (Fsp3) is 0.125. The monoisotopic (exact) mass is 378 g/mol. The zero-order chi connectivity index (χ0) is 17.0. The number of ether oxygens (including phenoxy) is 1. The predicted octanol–water partition coefficient (Wildman–Crippen LogP) is 2.94. The fourth-order valence-electron chi connectivity index (χ4n) is 1.89. The van der Waals surface area contributed by atoms with E-state index < -0.39 is 5.91 Å². The van der Waals surface area contributed by atoms with E-state index in [-0.39, 0.29) is 22.8 Å². The van der Waals surface area contributed by atoms with E-state index in [4.69, 9.17) is 4.74 Å². The summed E-state index contributed by atoms with van der Waals surface area (Å²) in [7, 11) is 1.44. The number of halogens is 1. The van der Waals surface area contributed by atoms with E-state index in [9.17, 15) is 15.0 Å². The average molecular weight is 379 g/mol. The van der Waals surface area contributed by atoms with Crippen LogP contribution in [0.1, 0.15) is 21.5 Å². The molecule has 1 amide bonds. The van der Waals surface area contributed by atoms with Gasteiger partial charge < -0.3 is 14.9 Å². The lowest BCUT2D eigenvalue weighted by Gasteiger charge is -2.07. The first-order chi connectivity index (χ1) is 10.9. The van der Waals surface area contributed by atoms with Gasteiger partial charge in [0.1, 0.15) is 5.75 Å². The zero-order valence-corrected chi connectivity index (χ0v) is 14.1. The van der Waals surface area contributed by atoms with E-state index in [2.05, 4.69) is 26.5 Å². The van der Waals surface area contributed by atoms with Crippen molar-refractivity contribution in [3.63, 3.8) is 0 Å². The molecule has 0 aliphatic heterocycles. The first kappa shape index (κ1) is 16.8. The summed E-state index contributed by atoms with van der Waals surface area (Å²) in [6, 6.07) is 8.08. The molecule has 2 aromatic carbocycles. The number of hydrogen-bond donors (Lipinski definition) is 3. The van der Waals surface area contributed by atoms with Crippen molar-refractivity contribution in [2.24, 2.45) is 5.10 Å². The summed E-state index contributed by atoms with van der Waals surface area (Å²) in [4.78, 5) is 12.0. The molecule has 0 bridgehead atoms. The van der Waals surface area contributed by atoms with Gasteiger partial charge in [0.25, 0.3) is 5.91 Å². The summed E-state index contributed by atoms with van der Waals surface area (Å²) in [5.74, 6) is -0.330. The van der Waals surface area contributed by atoms with Crippen LogP contribution in [-0.4, -0.2) is 29.4 Å². The van der Waals surface area contributed by atoms with E-state index >= 15 is 0 Å². The lowest BCUT2D eigenvalue weighted by Crippen LogP contribution is -2.17. The molecule has 0 spiro atoms. The van der Waals surface area contributed by atoms with Gasteiger partial charge in [0.05, 0.1) is 23.4 Å². The van der Waals surface area contributed by atoms with Crippen LogP contribution in [0.3, 0.4) is 0 Å². The SMILES string of the molecule is COc1cc(/C=N\NC(=O)c2cccc(C)c2O)cc(Br)c1O. The number of carbonyl (C=O) groups excluding carboxylic acids is 1. The number of benzene rings is 2. The Hall–Kier alpha value is -2.54. The maximum Gasteiger partial charge on any atom is 0.275 e. The molecule has 7 heteroatoms. The van der Waals surface area contributed by atoms with Gasteiger partial charge in [-0.15, -0.1) is 0 Å². The molecule has 0 saturated carbocycles. The molecule has 120 valence electrons. The Morgan fingerprint density at radius 3 is 2.74 bits per heavy atom. The number of methoxy groups -OCH3 is 1. The maximum absolute atomic E-state index is 12.0. The van der Waals surface area contributed by atoms with Crippen LogP contribution in [-0.2, 0) is 0 Å². The maximum atomic E-state index is 12.0. The highest BCUT2D eigenvalue weighted by Gasteiger charge is 2.11. The summed E-state index contributed by atoms with van der Waals surface area (Å²) in [6.07, 6.45) is 1.40. The normalized spacial score (nSPS) is 10.7. The molecule has 23 heavy (non-hydrogen) atoms. The molecule has 0 aliphatic rings. The van der Waals surface area contributed by atoms with Crippen molar-refractivity contribution in [3.8, 4) is 17.2 Å². The van der Waals surface area contributed by atoms with Crippen molar-refractivity contribution >= 4 is 28.1 Å². The number of hydrazone groups is 1. The number of hydrogen-bond acceptors (Lipinski definition) is 5. The highest BCUT2D eigenvalue weighted by Crippen LogP contribution is 2.34. The first-order valence-corrected chi connectivity index (χ1v) is 7.41. The van der Waals surface area contributed by atoms with Crippen LogP contribution >= 0.6 is 15.9 Å². The summed E-state index contributed by atoms with van der Waals surface area (Å²) in [5, 5.41) is 23.4. The molecule has 0 atom stereocenters. The smallest absolute Gasteiger partial charge is 0.275 e. The molecule has 6 nitrogen and oxygen atoms in total. The van der Waals surface area contributed by atoms with Gasteiger partial charge in [0.2, 0.25) is 0 Å². The molecule has 0 unspecified atom stereocenters. The minimum atomic E-state index is -0.521. The fourth-order valence-corrected chi connectivity index (χ4v) is 2.35. The molecular weight excluding hydrogens is 364 g/mol. The molecule has 0 saturated heterocycles. The number of nitrogens with zero attached hydrogens (tertiary/aromatic N) is 1. The average Bonchev–Trinajstić information content (AvgIpc) is 2.53. The van der Waals surface area contributed by atoms with E-state index in [1.54, 1.807) is 31.2 Å². The number of rotatable bonds is 4. The second kappa shape index (κ2) is 7.15. The third-order valence-corrected chi connectivity index (χ3v) is 3.74. The van der Waals surface area contributed by atoms with Crippen molar-refractivity contribution in [2.75, 3.05) is 7.11 Å². The predicted molar refractivity (Wildman–Crippen MR) is 90.3 cm³/mol. The van der Waals surface area contributed by atoms with Crippen LogP contribution in [0.5, 0.6) is 17.2 Å². The Labute approximate surface area is 141 Å². The topological polar surface area (TPSA) is 91.2 Å². The summed E-state index contributed by atoms with van der Waals surface area (Å²) in [6.45, 7) is 1.70. The van der Waals surface area contributed by atoms with Crippen LogP contribution in [0.2, 0.25) is 0 Å². The summed E-state index contributed by atoms with van der Waals surface area (Å²) < 4.78 is 5.48. The van der Waals surface area contributed by atoms with Crippen molar-refractivity contribution < 1.29 is 19.7 Å². The molecule has 0 aromatic heterocycles. The van der Waals surface area contributed by atoms with E-state index in [1.165, 1.54) is 19.4 Å². The Balaban J connectivity index is 2.14. The zero-order valence-electron chi connectivity index (χ0n) is 12.5. The second-order valence-electron chi connectivity index (χ2n) is 4.72. The molecule has 2 aromatic rings. The number of phenolic OH excluding ortho intramolecular Hbond substituents is 2. The highest BCUT2D eigenvalue weighted by atomic mass is 79.9. The first-order valence-electron chi connectivity index (χ1n) is 6.62. The van der Waals surface area contributed by atoms with Gasteiger partial charge in [-0.3, -0.25) is 4.79 Å². The number of carbonyl (C=O) groups is 1. The van der Waals surface area contributed by atoms with Crippen LogP contribution in [0.15, 0.2) is 39.9 Å². The molecule has 0 radical (unpaired) electrons. The Morgan fingerprint density at radius 2 is 2.04 bits per heavy atom. The van der Waals surface area contributed by atoms with Gasteiger partial charge in [-0.1, -0.05) is 12.1 Å². The number of amides is 1. The van der Waals surface area contributed by atoms with Crippen molar-refractivity contribution in [2.45, 2.75) is 6.92 Å². The Bertz CT molecular complexity index is 775. The second-order valence-corrected chi connectivity index (χ2v) is 5.58. The third-order valence-electron chi connectivity index (χ3n) is 3.13. The number of aromatic hydroxyl groups is 2. The van der Waals surface area contributed by atoms with Gasteiger partial charge in [-0.05, 0) is 52.2 Å². The minimum absolute atomic E-state index is 0.0154. The number of phenols is 2. The van der Waals surface area contributed by atoms with Crippen molar-refractivity contribution in [1.29, 1.82) is 0 Å². The Kier molecular flexibility index (Phi) is 5.23. The molecule has 0 fully saturated rings. The largest absolute Gasteiger partial charge is 0.507 e. The molecule has 2 rings (SSSR count). The van der Waals surface area contributed by atoms with Gasteiger partial charge in [-0.2, -0.15) is 5.10 Å². The van der Waals surface area contributed by atoms with Crippen molar-refractivity contribution in [1.82, 2.24) is 5.43 Å². The number of nitrogens with one attached hydrogen (secondary N) is 1. The number of aryl methyl sites for hydroxylation is 1. The van der Waals surface area contributed by atoms with Crippen LogP contribution in [0, 0.1) is 6.92 Å². The van der Waals surface area contributed by atoms with E-state index in [1.807, 2.05) is 0 Å². The summed E-state index contributed by atoms with van der Waals surface area (Å²) >= 11 is 3.20. The Morgan fingerprint density at radius 1 is 1.30 bits per heavy atom. The van der Waals surface area contributed by atoms with Gasteiger partial charge in [-0.25, -0.2) is 5.43 Å². The molecule has 3 N–H and O–H groups in total. The minimum Gasteiger partial charge on any atom is -0.507 e. The van der Waals surface area contributed by atoms with E-state index in [0.717, 1.165) is 0 Å². The van der Waals surface area contributed by atoms with Gasteiger partial charge in [0.15, 0.2) is 11.5 Å². The summed E-state index contributed by atoms with van der Waals surface area (Å²) in [5.41, 5.74) is 3.70. The number of para-hydroxylation sites is 1. The van der Waals surface area contributed by atoms with Crippen LogP contribution < -0.4 is 10.2 Å². The molecular formula is C16H15BrN2O4. The van der Waals surface area contributed by atoms with Crippen molar-refractivity contribution in [3.05, 3.63) is 51.5 Å². The molecule has 0 aliphatic carbocycles. The lowest BCUT2D eigenvalue weighted by atomic mass is 10.1. The van der Waals surface area contributed by atoms with Gasteiger partial charge in [0, 0.05) is 0 Å². The van der Waals surface area contributed by atoms with Crippen LogP contribution in [0.25, 0.3) is 0 Å². The standard InChI is InChI=1S/C16H15BrN2O4/c1-9-4-3-5-11(14(9)20)16(22)19-18-8-10-6-12(17)15(21)13(7-10)23-2/h3-8,20-21H,1-2H3,(H,19,22)/b18-8-.